The molecule has 0 radical (unpaired) electrons. The lowest BCUT2D eigenvalue weighted by atomic mass is 10.4. The summed E-state index contributed by atoms with van der Waals surface area (Å²) in [6, 6.07) is 7.60. The van der Waals surface area contributed by atoms with Crippen molar-refractivity contribution in [3.63, 3.8) is 0 Å². The van der Waals surface area contributed by atoms with Gasteiger partial charge in [-0.2, -0.15) is 0 Å². The average molecular weight is 208 g/mol. The quantitative estimate of drug-likeness (QED) is 0.754. The Labute approximate surface area is 87.5 Å². The van der Waals surface area contributed by atoms with Crippen molar-refractivity contribution in [1.82, 2.24) is 9.66 Å². The van der Waals surface area contributed by atoms with E-state index in [0.717, 1.165) is 5.69 Å². The molecular formula is C10H10ClN3. The number of hydrogen-bond acceptors (Lipinski definition) is 2. The van der Waals surface area contributed by atoms with E-state index in [1.807, 2.05) is 47.2 Å². The van der Waals surface area contributed by atoms with E-state index in [2.05, 4.69) is 4.98 Å². The smallest absolute Gasteiger partial charge is 0.128 e. The molecule has 0 amide bonds. The molecule has 0 atom stereocenters. The van der Waals surface area contributed by atoms with Gasteiger partial charge in [-0.25, -0.2) is 4.68 Å². The first kappa shape index (κ1) is 9.09. The molecule has 0 saturated heterocycles. The normalized spacial score (nSPS) is 10.1. The Kier molecular flexibility index (Phi) is 2.41. The summed E-state index contributed by atoms with van der Waals surface area (Å²) >= 11 is 5.99. The summed E-state index contributed by atoms with van der Waals surface area (Å²) in [4.78, 5) is 3.96. The van der Waals surface area contributed by atoms with Crippen molar-refractivity contribution in [1.29, 1.82) is 0 Å². The van der Waals surface area contributed by atoms with Crippen molar-refractivity contribution in [2.24, 2.45) is 0 Å². The van der Waals surface area contributed by atoms with Gasteiger partial charge in [0.15, 0.2) is 0 Å². The zero-order valence-electron chi connectivity index (χ0n) is 7.76. The molecule has 2 heterocycles. The minimum absolute atomic E-state index is 0.685. The molecule has 14 heavy (non-hydrogen) atoms. The second-order valence-electron chi connectivity index (χ2n) is 2.90. The van der Waals surface area contributed by atoms with Gasteiger partial charge < -0.3 is 0 Å². The third-order valence-corrected chi connectivity index (χ3v) is 2.34. The number of rotatable bonds is 2. The molecule has 2 rings (SSSR count). The maximum absolute atomic E-state index is 5.99. The van der Waals surface area contributed by atoms with Crippen LogP contribution in [0.15, 0.2) is 42.9 Å². The van der Waals surface area contributed by atoms with E-state index < -0.39 is 0 Å². The van der Waals surface area contributed by atoms with Crippen molar-refractivity contribution in [3.05, 3.63) is 48.0 Å². The highest BCUT2D eigenvalue weighted by molar-refractivity contribution is 6.29. The molecule has 0 aliphatic rings. The molecule has 0 unspecified atom stereocenters. The first-order chi connectivity index (χ1) is 6.79. The van der Waals surface area contributed by atoms with Gasteiger partial charge in [0.05, 0.1) is 5.69 Å². The standard InChI is InChI=1S/C10H10ClN3/c1-13(9-4-6-12-7-5-9)14-8-2-3-10(14)11/h2-8H,1H3. The Morgan fingerprint density at radius 3 is 2.57 bits per heavy atom. The number of anilines is 1. The first-order valence-electron chi connectivity index (χ1n) is 4.26. The molecule has 2 aromatic rings. The second-order valence-corrected chi connectivity index (χ2v) is 3.29. The Morgan fingerprint density at radius 2 is 2.00 bits per heavy atom. The fraction of sp³-hybridized carbons (Fsp3) is 0.100. The summed E-state index contributed by atoms with van der Waals surface area (Å²) in [7, 11) is 1.95. The molecule has 3 nitrogen and oxygen atoms in total. The highest BCUT2D eigenvalue weighted by Gasteiger charge is 2.04. The van der Waals surface area contributed by atoms with Gasteiger partial charge in [-0.1, -0.05) is 11.6 Å². The molecule has 0 aliphatic heterocycles. The molecule has 0 bridgehead atoms. The maximum Gasteiger partial charge on any atom is 0.128 e. The number of aromatic nitrogens is 2. The Bertz CT molecular complexity index is 410. The number of pyridine rings is 1. The minimum Gasteiger partial charge on any atom is -0.283 e. The fourth-order valence-electron chi connectivity index (χ4n) is 1.28. The monoisotopic (exact) mass is 207 g/mol. The van der Waals surface area contributed by atoms with Crippen LogP contribution >= 0.6 is 11.6 Å². The largest absolute Gasteiger partial charge is 0.283 e. The van der Waals surface area contributed by atoms with Crippen molar-refractivity contribution in [3.8, 4) is 0 Å². The summed E-state index contributed by atoms with van der Waals surface area (Å²) in [6.45, 7) is 0. The lowest BCUT2D eigenvalue weighted by Crippen LogP contribution is -2.23. The average Bonchev–Trinajstić information content (AvgIpc) is 2.65. The van der Waals surface area contributed by atoms with Crippen LogP contribution in [0.3, 0.4) is 0 Å². The molecule has 2 aromatic heterocycles. The van der Waals surface area contributed by atoms with E-state index in [9.17, 15) is 0 Å². The third kappa shape index (κ3) is 1.59. The van der Waals surface area contributed by atoms with Crippen molar-refractivity contribution in [2.45, 2.75) is 0 Å². The van der Waals surface area contributed by atoms with Crippen LogP contribution in [0.2, 0.25) is 5.15 Å². The molecule has 0 saturated carbocycles. The lowest BCUT2D eigenvalue weighted by molar-refractivity contribution is 0.780. The van der Waals surface area contributed by atoms with Gasteiger partial charge in [0, 0.05) is 25.6 Å². The van der Waals surface area contributed by atoms with Crippen LogP contribution in [0.4, 0.5) is 5.69 Å². The molecule has 0 aliphatic carbocycles. The van der Waals surface area contributed by atoms with Gasteiger partial charge in [0.2, 0.25) is 0 Å². The van der Waals surface area contributed by atoms with E-state index in [0.29, 0.717) is 5.15 Å². The zero-order chi connectivity index (χ0) is 9.97. The summed E-state index contributed by atoms with van der Waals surface area (Å²) in [5, 5.41) is 2.63. The van der Waals surface area contributed by atoms with Crippen LogP contribution in [-0.4, -0.2) is 16.7 Å². The molecular weight excluding hydrogens is 198 g/mol. The Hall–Kier alpha value is -1.48. The summed E-state index contributed by atoms with van der Waals surface area (Å²) in [6.07, 6.45) is 5.41. The maximum atomic E-state index is 5.99. The Morgan fingerprint density at radius 1 is 1.29 bits per heavy atom. The zero-order valence-corrected chi connectivity index (χ0v) is 8.52. The topological polar surface area (TPSA) is 21.1 Å². The van der Waals surface area contributed by atoms with E-state index in [4.69, 9.17) is 11.6 Å². The molecule has 72 valence electrons. The van der Waals surface area contributed by atoms with Gasteiger partial charge in [-0.3, -0.25) is 9.99 Å². The summed E-state index contributed by atoms with van der Waals surface area (Å²) in [5.41, 5.74) is 1.04. The van der Waals surface area contributed by atoms with E-state index in [-0.39, 0.29) is 0 Å². The van der Waals surface area contributed by atoms with Gasteiger partial charge in [0.1, 0.15) is 5.15 Å². The lowest BCUT2D eigenvalue weighted by Gasteiger charge is -2.21. The number of hydrogen-bond donors (Lipinski definition) is 0. The van der Waals surface area contributed by atoms with Crippen molar-refractivity contribution < 1.29 is 0 Å². The van der Waals surface area contributed by atoms with Crippen molar-refractivity contribution in [2.75, 3.05) is 12.1 Å². The van der Waals surface area contributed by atoms with Gasteiger partial charge in [0.25, 0.3) is 0 Å². The summed E-state index contributed by atoms with van der Waals surface area (Å²) in [5.74, 6) is 0. The summed E-state index contributed by atoms with van der Waals surface area (Å²) < 4.78 is 1.86. The predicted octanol–water partition coefficient (Wildman–Crippen LogP) is 2.44. The van der Waals surface area contributed by atoms with Crippen LogP contribution in [0.5, 0.6) is 0 Å². The SMILES string of the molecule is CN(c1ccncc1)n1cccc1Cl. The van der Waals surface area contributed by atoms with Gasteiger partial charge in [-0.05, 0) is 24.3 Å². The number of halogens is 1. The van der Waals surface area contributed by atoms with Crippen LogP contribution < -0.4 is 5.01 Å². The van der Waals surface area contributed by atoms with Crippen LogP contribution in [0.1, 0.15) is 0 Å². The van der Waals surface area contributed by atoms with Crippen LogP contribution in [-0.2, 0) is 0 Å². The van der Waals surface area contributed by atoms with E-state index in [1.165, 1.54) is 0 Å². The van der Waals surface area contributed by atoms with Crippen LogP contribution in [0.25, 0.3) is 0 Å². The predicted molar refractivity (Wildman–Crippen MR) is 57.5 cm³/mol. The highest BCUT2D eigenvalue weighted by Crippen LogP contribution is 2.16. The molecule has 0 fully saturated rings. The first-order valence-corrected chi connectivity index (χ1v) is 4.64. The van der Waals surface area contributed by atoms with Crippen molar-refractivity contribution >= 4 is 17.3 Å². The van der Waals surface area contributed by atoms with Crippen LogP contribution in [0, 0.1) is 0 Å². The molecule has 0 N–H and O–H groups in total. The third-order valence-electron chi connectivity index (χ3n) is 2.04. The van der Waals surface area contributed by atoms with Gasteiger partial charge in [-0.15, -0.1) is 0 Å². The van der Waals surface area contributed by atoms with E-state index >= 15 is 0 Å². The van der Waals surface area contributed by atoms with Gasteiger partial charge >= 0.3 is 0 Å². The second kappa shape index (κ2) is 3.72. The fourth-order valence-corrected chi connectivity index (χ4v) is 1.52. The molecule has 0 spiro atoms. The molecule has 4 heteroatoms. The Balaban J connectivity index is 2.34. The highest BCUT2D eigenvalue weighted by atomic mass is 35.5. The number of nitrogens with zero attached hydrogens (tertiary/aromatic N) is 3. The minimum atomic E-state index is 0.685. The molecule has 0 aromatic carbocycles. The van der Waals surface area contributed by atoms with E-state index in [1.54, 1.807) is 12.4 Å².